The first-order chi connectivity index (χ1) is 17.1. The number of pyridine rings is 1. The summed E-state index contributed by atoms with van der Waals surface area (Å²) in [6.45, 7) is 4.10. The van der Waals surface area contributed by atoms with Gasteiger partial charge in [-0.25, -0.2) is 0 Å². The Morgan fingerprint density at radius 3 is 2.44 bits per heavy atom. The normalized spacial score (nSPS) is 16.4. The molecule has 8 heteroatoms. The molecule has 3 aromatic carbocycles. The maximum absolute atomic E-state index is 13.8. The number of benzene rings is 3. The highest BCUT2D eigenvalue weighted by molar-refractivity contribution is 6.04. The number of carbonyl (C=O) groups excluding carboxylic acids is 2. The average molecular weight is 490 g/mol. The molecule has 8 nitrogen and oxygen atoms in total. The molecule has 2 atom stereocenters. The second kappa shape index (κ2) is 8.55. The van der Waals surface area contributed by atoms with Crippen LogP contribution in [0, 0.1) is 0 Å². The summed E-state index contributed by atoms with van der Waals surface area (Å²) < 4.78 is 24.7. The molecule has 0 spiro atoms. The molecule has 0 bridgehead atoms. The third kappa shape index (κ3) is 3.73. The van der Waals surface area contributed by atoms with Gasteiger partial charge in [0.1, 0.15) is 24.2 Å². The number of esters is 2. The van der Waals surface area contributed by atoms with Gasteiger partial charge in [-0.15, -0.1) is 0 Å². The van der Waals surface area contributed by atoms with Crippen LogP contribution in [0.2, 0.25) is 0 Å². The third-order valence-electron chi connectivity index (χ3n) is 6.86. The molecule has 0 unspecified atom stereocenters. The van der Waals surface area contributed by atoms with E-state index in [1.54, 1.807) is 13.0 Å². The maximum atomic E-state index is 13.8. The van der Waals surface area contributed by atoms with Crippen molar-refractivity contribution in [2.45, 2.75) is 38.9 Å². The highest BCUT2D eigenvalue weighted by Gasteiger charge is 2.45. The van der Waals surface area contributed by atoms with Gasteiger partial charge in [0.05, 0.1) is 23.5 Å². The molecule has 36 heavy (non-hydrogen) atoms. The number of ether oxygens (including phenoxy) is 4. The number of hydrogen-bond acceptors (Lipinski definition) is 7. The number of methoxy groups -OCH3 is 1. The van der Waals surface area contributed by atoms with Crippen LogP contribution in [0.4, 0.5) is 0 Å². The summed E-state index contributed by atoms with van der Waals surface area (Å²) in [6.07, 6.45) is -0.304. The fourth-order valence-electron chi connectivity index (χ4n) is 5.14. The van der Waals surface area contributed by atoms with Gasteiger partial charge < -0.3 is 23.5 Å². The van der Waals surface area contributed by atoms with Crippen molar-refractivity contribution in [1.29, 1.82) is 0 Å². The van der Waals surface area contributed by atoms with Crippen LogP contribution < -0.4 is 14.9 Å². The van der Waals surface area contributed by atoms with Gasteiger partial charge in [-0.2, -0.15) is 0 Å². The Kier molecular flexibility index (Phi) is 5.62. The molecule has 0 radical (unpaired) electrons. The number of nitrogens with zero attached hydrogens (tertiary/aromatic N) is 1. The number of hydrogen-bond donors (Lipinski definition) is 0. The van der Waals surface area contributed by atoms with Gasteiger partial charge in [0, 0.05) is 44.3 Å². The maximum Gasteiger partial charge on any atom is 0.303 e. The molecule has 0 amide bonds. The highest BCUT2D eigenvalue weighted by Crippen LogP contribution is 2.43. The third-order valence-corrected chi connectivity index (χ3v) is 6.86. The van der Waals surface area contributed by atoms with E-state index in [1.165, 1.54) is 21.0 Å². The van der Waals surface area contributed by atoms with E-state index in [0.717, 1.165) is 21.9 Å². The van der Waals surface area contributed by atoms with E-state index in [9.17, 15) is 14.4 Å². The standard InChI is InChI=1S/C28H27NO7/c1-15(30)34-14-28(3,36-16(2)31)24-12-20-22(35-24)13-23(33-5)25-26(20)29(4)21-11-18-9-7-6-8-17(18)10-19(21)27(25)32/h6-11,13,24H,12,14H2,1-5H3/t24-,28+/m1/s1. The van der Waals surface area contributed by atoms with Crippen molar-refractivity contribution >= 4 is 44.5 Å². The summed E-state index contributed by atoms with van der Waals surface area (Å²) in [4.78, 5) is 37.2. The fourth-order valence-corrected chi connectivity index (χ4v) is 5.14. The lowest BCUT2D eigenvalue weighted by atomic mass is 9.93. The van der Waals surface area contributed by atoms with Crippen molar-refractivity contribution in [3.8, 4) is 11.5 Å². The van der Waals surface area contributed by atoms with Gasteiger partial charge in [-0.1, -0.05) is 24.3 Å². The average Bonchev–Trinajstić information content (AvgIpc) is 3.28. The smallest absolute Gasteiger partial charge is 0.303 e. The van der Waals surface area contributed by atoms with Crippen molar-refractivity contribution in [3.05, 3.63) is 58.3 Å². The van der Waals surface area contributed by atoms with Gasteiger partial charge in [0.15, 0.2) is 5.60 Å². The molecule has 1 aliphatic rings. The van der Waals surface area contributed by atoms with E-state index in [0.29, 0.717) is 34.2 Å². The Labute approximate surface area is 207 Å². The number of aromatic nitrogens is 1. The number of fused-ring (bicyclic) bond motifs is 5. The Hall–Kier alpha value is -4.07. The predicted molar refractivity (Wildman–Crippen MR) is 136 cm³/mol. The molecule has 0 saturated carbocycles. The first kappa shape index (κ1) is 23.7. The fraction of sp³-hybridized carbons (Fsp3) is 0.321. The van der Waals surface area contributed by atoms with Crippen LogP contribution in [0.5, 0.6) is 11.5 Å². The Morgan fingerprint density at radius 2 is 1.81 bits per heavy atom. The topological polar surface area (TPSA) is 93.1 Å². The molecule has 0 saturated heterocycles. The minimum Gasteiger partial charge on any atom is -0.496 e. The zero-order chi connectivity index (χ0) is 25.8. The van der Waals surface area contributed by atoms with Crippen molar-refractivity contribution in [3.63, 3.8) is 0 Å². The van der Waals surface area contributed by atoms with Gasteiger partial charge >= 0.3 is 11.9 Å². The van der Waals surface area contributed by atoms with Crippen LogP contribution in [-0.4, -0.2) is 41.9 Å². The quantitative estimate of drug-likeness (QED) is 0.309. The van der Waals surface area contributed by atoms with Crippen molar-refractivity contribution in [2.75, 3.05) is 13.7 Å². The summed E-state index contributed by atoms with van der Waals surface area (Å²) in [5.74, 6) is -0.0797. The summed E-state index contributed by atoms with van der Waals surface area (Å²) in [6, 6.07) is 13.5. The van der Waals surface area contributed by atoms with E-state index in [-0.39, 0.29) is 12.0 Å². The lowest BCUT2D eigenvalue weighted by Gasteiger charge is -2.33. The van der Waals surface area contributed by atoms with Gasteiger partial charge in [0.25, 0.3) is 0 Å². The van der Waals surface area contributed by atoms with Crippen LogP contribution in [0.15, 0.2) is 47.3 Å². The van der Waals surface area contributed by atoms with Gasteiger partial charge in [0.2, 0.25) is 5.43 Å². The summed E-state index contributed by atoms with van der Waals surface area (Å²) in [5.41, 5.74) is 0.911. The van der Waals surface area contributed by atoms with E-state index in [2.05, 4.69) is 0 Å². The largest absolute Gasteiger partial charge is 0.496 e. The molecule has 1 aromatic heterocycles. The van der Waals surface area contributed by atoms with Crippen LogP contribution >= 0.6 is 0 Å². The van der Waals surface area contributed by atoms with Crippen molar-refractivity contribution in [1.82, 2.24) is 4.57 Å². The molecule has 0 fully saturated rings. The van der Waals surface area contributed by atoms with E-state index >= 15 is 0 Å². The number of rotatable bonds is 5. The molecule has 1 aliphatic heterocycles. The Balaban J connectivity index is 1.73. The molecular weight excluding hydrogens is 462 g/mol. The Bertz CT molecular complexity index is 1620. The summed E-state index contributed by atoms with van der Waals surface area (Å²) in [7, 11) is 3.43. The molecule has 186 valence electrons. The minimum absolute atomic E-state index is 0.130. The van der Waals surface area contributed by atoms with Crippen LogP contribution in [0.25, 0.3) is 32.6 Å². The van der Waals surface area contributed by atoms with Gasteiger partial charge in [-0.3, -0.25) is 14.4 Å². The lowest BCUT2D eigenvalue weighted by Crippen LogP contribution is -2.50. The van der Waals surface area contributed by atoms with Crippen LogP contribution in [-0.2, 0) is 32.5 Å². The molecule has 2 heterocycles. The van der Waals surface area contributed by atoms with Gasteiger partial charge in [-0.05, 0) is 29.8 Å². The minimum atomic E-state index is -1.23. The lowest BCUT2D eigenvalue weighted by molar-refractivity contribution is -0.179. The number of carbonyl (C=O) groups is 2. The van der Waals surface area contributed by atoms with E-state index in [1.807, 2.05) is 48.0 Å². The van der Waals surface area contributed by atoms with E-state index in [4.69, 9.17) is 18.9 Å². The van der Waals surface area contributed by atoms with Crippen LogP contribution in [0.3, 0.4) is 0 Å². The zero-order valence-corrected chi connectivity index (χ0v) is 20.8. The second-order valence-corrected chi connectivity index (χ2v) is 9.38. The van der Waals surface area contributed by atoms with E-state index < -0.39 is 23.6 Å². The monoisotopic (exact) mass is 489 g/mol. The molecular formula is C28H27NO7. The highest BCUT2D eigenvalue weighted by atomic mass is 16.6. The molecule has 5 rings (SSSR count). The predicted octanol–water partition coefficient (Wildman–Crippen LogP) is 4.04. The second-order valence-electron chi connectivity index (χ2n) is 9.38. The summed E-state index contributed by atoms with van der Waals surface area (Å²) in [5, 5.41) is 3.06. The molecule has 0 N–H and O–H groups in total. The number of aryl methyl sites for hydroxylation is 1. The molecule has 0 aliphatic carbocycles. The van der Waals surface area contributed by atoms with Crippen molar-refractivity contribution in [2.24, 2.45) is 7.05 Å². The van der Waals surface area contributed by atoms with Crippen LogP contribution in [0.1, 0.15) is 26.3 Å². The zero-order valence-electron chi connectivity index (χ0n) is 20.8. The first-order valence-corrected chi connectivity index (χ1v) is 11.7. The van der Waals surface area contributed by atoms with Crippen molar-refractivity contribution < 1.29 is 28.5 Å². The first-order valence-electron chi connectivity index (χ1n) is 11.7. The SMILES string of the molecule is COc1cc2c(c3c1c(=O)c1cc4ccccc4cc1n3C)C[C@H]([C@](C)(COC(C)=O)OC(C)=O)O2. The molecule has 4 aromatic rings. The summed E-state index contributed by atoms with van der Waals surface area (Å²) >= 11 is 0. The Morgan fingerprint density at radius 1 is 1.11 bits per heavy atom.